The number of phosphoric ester groups is 1. The van der Waals surface area contributed by atoms with Gasteiger partial charge in [-0.3, -0.25) is 14.2 Å². The number of hydrogen-bond acceptors (Lipinski definition) is 4. The van der Waals surface area contributed by atoms with E-state index in [-0.39, 0.29) is 12.5 Å². The van der Waals surface area contributed by atoms with Crippen LogP contribution in [0.3, 0.4) is 0 Å². The molecule has 0 bridgehead atoms. The van der Waals surface area contributed by atoms with Crippen LogP contribution in [0.15, 0.2) is 18.3 Å². The Hall–Kier alpha value is -1.27. The third-order valence-corrected chi connectivity index (χ3v) is 2.51. The Bertz CT molecular complexity index is 458. The highest BCUT2D eigenvalue weighted by molar-refractivity contribution is 7.46. The van der Waals surface area contributed by atoms with Gasteiger partial charge in [0.2, 0.25) is 5.91 Å². The van der Waals surface area contributed by atoms with Crippen molar-refractivity contribution in [1.82, 2.24) is 4.98 Å². The van der Waals surface area contributed by atoms with Crippen molar-refractivity contribution in [3.63, 3.8) is 0 Å². The molecule has 1 aromatic heterocycles. The van der Waals surface area contributed by atoms with E-state index in [1.807, 2.05) is 0 Å². The Kier molecular flexibility index (Phi) is 4.36. The van der Waals surface area contributed by atoms with Gasteiger partial charge in [0.05, 0.1) is 6.61 Å². The number of phosphoric acid groups is 1. The molecular formula is C9H13N2O5P. The number of aromatic nitrogens is 1. The third-order valence-electron chi connectivity index (χ3n) is 2.05. The number of amides is 1. The Labute approximate surface area is 98.3 Å². The van der Waals surface area contributed by atoms with Gasteiger partial charge in [-0.15, -0.1) is 0 Å². The van der Waals surface area contributed by atoms with Crippen molar-refractivity contribution in [2.45, 2.75) is 13.5 Å². The monoisotopic (exact) mass is 260 g/mol. The summed E-state index contributed by atoms with van der Waals surface area (Å²) in [6, 6.07) is 3.17. The van der Waals surface area contributed by atoms with Crippen LogP contribution in [0.5, 0.6) is 0 Å². The number of rotatable bonds is 4. The van der Waals surface area contributed by atoms with Crippen molar-refractivity contribution in [2.24, 2.45) is 0 Å². The number of carbonyl (C=O) groups is 1. The highest BCUT2D eigenvalue weighted by Gasteiger charge is 2.17. The summed E-state index contributed by atoms with van der Waals surface area (Å²) in [5, 5.41) is 0. The van der Waals surface area contributed by atoms with Crippen LogP contribution in [0.2, 0.25) is 0 Å². The van der Waals surface area contributed by atoms with Gasteiger partial charge in [0, 0.05) is 25.7 Å². The van der Waals surface area contributed by atoms with Crippen LogP contribution in [0.1, 0.15) is 12.5 Å². The molecule has 0 aliphatic carbocycles. The number of pyridine rings is 1. The molecule has 7 nitrogen and oxygen atoms in total. The van der Waals surface area contributed by atoms with E-state index in [0.29, 0.717) is 11.4 Å². The second-order valence-corrected chi connectivity index (χ2v) is 4.57. The van der Waals surface area contributed by atoms with Crippen LogP contribution < -0.4 is 4.90 Å². The summed E-state index contributed by atoms with van der Waals surface area (Å²) in [5.41, 5.74) is 0.425. The highest BCUT2D eigenvalue weighted by atomic mass is 31.2. The Morgan fingerprint density at radius 2 is 2.24 bits per heavy atom. The fraction of sp³-hybridized carbons (Fsp3) is 0.333. The predicted molar refractivity (Wildman–Crippen MR) is 60.2 cm³/mol. The summed E-state index contributed by atoms with van der Waals surface area (Å²) in [7, 11) is -3.02. The average Bonchev–Trinajstić information content (AvgIpc) is 2.24. The summed E-state index contributed by atoms with van der Waals surface area (Å²) >= 11 is 0. The topological polar surface area (TPSA) is 100.0 Å². The van der Waals surface area contributed by atoms with Crippen LogP contribution in [0.25, 0.3) is 0 Å². The number of nitrogens with zero attached hydrogens (tertiary/aromatic N) is 2. The molecule has 0 unspecified atom stereocenters. The summed E-state index contributed by atoms with van der Waals surface area (Å²) in [5.74, 6) is 0.0783. The molecule has 0 saturated carbocycles. The largest absolute Gasteiger partial charge is 0.469 e. The average molecular weight is 260 g/mol. The van der Waals surface area contributed by atoms with Crippen LogP contribution in [0, 0.1) is 0 Å². The van der Waals surface area contributed by atoms with Crippen molar-refractivity contribution in [3.05, 3.63) is 23.9 Å². The number of hydrogen-bond donors (Lipinski definition) is 2. The van der Waals surface area contributed by atoms with Gasteiger partial charge >= 0.3 is 7.82 Å². The van der Waals surface area contributed by atoms with E-state index in [9.17, 15) is 9.36 Å². The van der Waals surface area contributed by atoms with E-state index in [1.54, 1.807) is 12.1 Å². The first-order chi connectivity index (χ1) is 7.81. The van der Waals surface area contributed by atoms with Crippen molar-refractivity contribution in [1.29, 1.82) is 0 Å². The molecule has 8 heteroatoms. The molecule has 1 rings (SSSR count). The molecule has 0 aliphatic rings. The zero-order valence-electron chi connectivity index (χ0n) is 9.40. The van der Waals surface area contributed by atoms with Gasteiger partial charge in [0.1, 0.15) is 5.82 Å². The van der Waals surface area contributed by atoms with Gasteiger partial charge in [0.15, 0.2) is 0 Å². The molecule has 0 atom stereocenters. The van der Waals surface area contributed by atoms with Gasteiger partial charge < -0.3 is 9.79 Å². The maximum Gasteiger partial charge on any atom is 0.469 e. The minimum Gasteiger partial charge on any atom is -0.303 e. The molecule has 0 aliphatic heterocycles. The van der Waals surface area contributed by atoms with Crippen molar-refractivity contribution in [3.8, 4) is 0 Å². The number of carbonyl (C=O) groups excluding carboxylic acids is 1. The Morgan fingerprint density at radius 3 is 2.76 bits per heavy atom. The maximum absolute atomic E-state index is 11.2. The lowest BCUT2D eigenvalue weighted by Crippen LogP contribution is -2.25. The van der Waals surface area contributed by atoms with Gasteiger partial charge in [-0.05, 0) is 6.07 Å². The molecule has 0 saturated heterocycles. The van der Waals surface area contributed by atoms with E-state index in [2.05, 4.69) is 9.51 Å². The SMILES string of the molecule is CC(=O)N(C)c1ncccc1COP(=O)(O)O. The zero-order valence-corrected chi connectivity index (χ0v) is 10.3. The summed E-state index contributed by atoms with van der Waals surface area (Å²) in [6.45, 7) is 1.05. The minimum atomic E-state index is -4.54. The second kappa shape index (κ2) is 5.37. The molecule has 0 spiro atoms. The molecule has 1 aromatic rings. The smallest absolute Gasteiger partial charge is 0.303 e. The van der Waals surface area contributed by atoms with Crippen LogP contribution in [-0.2, 0) is 20.5 Å². The van der Waals surface area contributed by atoms with Crippen LogP contribution in [0.4, 0.5) is 5.82 Å². The van der Waals surface area contributed by atoms with E-state index in [4.69, 9.17) is 9.79 Å². The molecular weight excluding hydrogens is 247 g/mol. The van der Waals surface area contributed by atoms with Crippen LogP contribution in [-0.4, -0.2) is 27.7 Å². The van der Waals surface area contributed by atoms with E-state index < -0.39 is 7.82 Å². The zero-order chi connectivity index (χ0) is 13.1. The third kappa shape index (κ3) is 4.24. The first kappa shape index (κ1) is 13.8. The quantitative estimate of drug-likeness (QED) is 0.772. The van der Waals surface area contributed by atoms with Gasteiger partial charge in [-0.1, -0.05) is 6.07 Å². The molecule has 0 fully saturated rings. The Balaban J connectivity index is 2.92. The van der Waals surface area contributed by atoms with Crippen molar-refractivity contribution >= 4 is 19.5 Å². The lowest BCUT2D eigenvalue weighted by atomic mass is 10.2. The molecule has 17 heavy (non-hydrogen) atoms. The van der Waals surface area contributed by atoms with Gasteiger partial charge in [-0.2, -0.15) is 0 Å². The molecule has 1 heterocycles. The fourth-order valence-corrected chi connectivity index (χ4v) is 1.45. The first-order valence-electron chi connectivity index (χ1n) is 4.69. The summed E-state index contributed by atoms with van der Waals surface area (Å²) in [4.78, 5) is 33.6. The van der Waals surface area contributed by atoms with E-state index in [0.717, 1.165) is 0 Å². The standard InChI is InChI=1S/C9H13N2O5P/c1-7(12)11(2)9-8(4-3-5-10-9)6-16-17(13,14)15/h3-5H,6H2,1-2H3,(H2,13,14,15). The number of anilines is 1. The first-order valence-corrected chi connectivity index (χ1v) is 6.22. The summed E-state index contributed by atoms with van der Waals surface area (Å²) in [6.07, 6.45) is 1.48. The van der Waals surface area contributed by atoms with E-state index >= 15 is 0 Å². The predicted octanol–water partition coefficient (Wildman–Crippen LogP) is 0.674. The Morgan fingerprint density at radius 1 is 1.59 bits per heavy atom. The maximum atomic E-state index is 11.2. The lowest BCUT2D eigenvalue weighted by Gasteiger charge is -2.17. The van der Waals surface area contributed by atoms with Crippen molar-refractivity contribution in [2.75, 3.05) is 11.9 Å². The lowest BCUT2D eigenvalue weighted by molar-refractivity contribution is -0.116. The molecule has 0 aromatic carbocycles. The van der Waals surface area contributed by atoms with E-state index in [1.165, 1.54) is 25.1 Å². The second-order valence-electron chi connectivity index (χ2n) is 3.33. The van der Waals surface area contributed by atoms with Gasteiger partial charge in [0.25, 0.3) is 0 Å². The minimum absolute atomic E-state index is 0.235. The molecule has 1 amide bonds. The molecule has 94 valence electrons. The van der Waals surface area contributed by atoms with Gasteiger partial charge in [-0.25, -0.2) is 9.55 Å². The normalized spacial score (nSPS) is 11.3. The van der Waals surface area contributed by atoms with Crippen molar-refractivity contribution < 1.29 is 23.7 Å². The highest BCUT2D eigenvalue weighted by Crippen LogP contribution is 2.37. The molecule has 0 radical (unpaired) electrons. The fourth-order valence-electron chi connectivity index (χ4n) is 1.15. The molecule has 2 N–H and O–H groups in total. The van der Waals surface area contributed by atoms with Crippen LogP contribution >= 0.6 is 7.82 Å². The summed E-state index contributed by atoms with van der Waals surface area (Å²) < 4.78 is 15.0.